The van der Waals surface area contributed by atoms with Gasteiger partial charge in [-0.25, -0.2) is 9.37 Å². The molecular weight excluding hydrogens is 292 g/mol. The molecule has 1 aromatic carbocycles. The van der Waals surface area contributed by atoms with E-state index in [0.29, 0.717) is 0 Å². The van der Waals surface area contributed by atoms with Gasteiger partial charge in [0.2, 0.25) is 5.88 Å². The molecule has 2 N–H and O–H groups in total. The highest BCUT2D eigenvalue weighted by molar-refractivity contribution is 5.70. The van der Waals surface area contributed by atoms with E-state index in [2.05, 4.69) is 9.72 Å². The summed E-state index contributed by atoms with van der Waals surface area (Å²) in [5, 5.41) is 0. The van der Waals surface area contributed by atoms with Crippen molar-refractivity contribution in [3.05, 3.63) is 36.3 Å². The molecule has 0 spiro atoms. The van der Waals surface area contributed by atoms with E-state index in [9.17, 15) is 17.6 Å². The Labute approximate surface area is 117 Å². The molecule has 4 nitrogen and oxygen atoms in total. The monoisotopic (exact) mass is 302 g/mol. The molecule has 0 aliphatic heterocycles. The number of ether oxygens (including phenoxy) is 2. The summed E-state index contributed by atoms with van der Waals surface area (Å²) in [5.74, 6) is -1.18. The van der Waals surface area contributed by atoms with Crippen molar-refractivity contribution in [2.45, 2.75) is 6.36 Å². The number of nitrogens with two attached hydrogens (primary N) is 1. The first-order valence-corrected chi connectivity index (χ1v) is 5.65. The average Bonchev–Trinajstić information content (AvgIpc) is 2.40. The summed E-state index contributed by atoms with van der Waals surface area (Å²) in [5.41, 5.74) is 5.38. The van der Waals surface area contributed by atoms with Gasteiger partial charge >= 0.3 is 6.36 Å². The van der Waals surface area contributed by atoms with Crippen LogP contribution >= 0.6 is 0 Å². The summed E-state index contributed by atoms with van der Waals surface area (Å²) in [7, 11) is 1.34. The number of aromatic nitrogens is 1. The molecule has 0 bridgehead atoms. The molecule has 0 atom stereocenters. The number of hydrogen-bond donors (Lipinski definition) is 1. The van der Waals surface area contributed by atoms with Gasteiger partial charge in [-0.05, 0) is 17.7 Å². The third-order valence-corrected chi connectivity index (χ3v) is 2.59. The smallest absolute Gasteiger partial charge is 0.481 e. The molecule has 0 aliphatic carbocycles. The van der Waals surface area contributed by atoms with E-state index in [0.717, 1.165) is 12.3 Å². The summed E-state index contributed by atoms with van der Waals surface area (Å²) in [6.45, 7) is 0. The van der Waals surface area contributed by atoms with Gasteiger partial charge in [-0.3, -0.25) is 0 Å². The molecule has 0 saturated carbocycles. The van der Waals surface area contributed by atoms with Crippen LogP contribution in [0.5, 0.6) is 11.6 Å². The molecule has 1 heterocycles. The Kier molecular flexibility index (Phi) is 3.88. The van der Waals surface area contributed by atoms with Crippen molar-refractivity contribution in [3.63, 3.8) is 0 Å². The van der Waals surface area contributed by atoms with Crippen molar-refractivity contribution < 1.29 is 27.0 Å². The molecule has 2 aromatic rings. The highest BCUT2D eigenvalue weighted by Gasteiger charge is 2.32. The zero-order valence-corrected chi connectivity index (χ0v) is 10.7. The SMILES string of the molecule is COc1cc(-c2ccc(N)c(OC(F)(F)F)c2)c(F)cn1. The lowest BCUT2D eigenvalue weighted by atomic mass is 10.1. The number of rotatable bonds is 3. The van der Waals surface area contributed by atoms with Gasteiger partial charge < -0.3 is 15.2 Å². The van der Waals surface area contributed by atoms with Crippen molar-refractivity contribution in [3.8, 4) is 22.8 Å². The zero-order chi connectivity index (χ0) is 15.6. The average molecular weight is 302 g/mol. The second-order valence-corrected chi connectivity index (χ2v) is 4.01. The summed E-state index contributed by atoms with van der Waals surface area (Å²) >= 11 is 0. The lowest BCUT2D eigenvalue weighted by Gasteiger charge is -2.13. The summed E-state index contributed by atoms with van der Waals surface area (Å²) in [6.07, 6.45) is -3.98. The van der Waals surface area contributed by atoms with Crippen LogP contribution in [0.2, 0.25) is 0 Å². The van der Waals surface area contributed by atoms with E-state index >= 15 is 0 Å². The Hall–Kier alpha value is -2.51. The topological polar surface area (TPSA) is 57.4 Å². The quantitative estimate of drug-likeness (QED) is 0.697. The van der Waals surface area contributed by atoms with Gasteiger partial charge in [0.1, 0.15) is 5.82 Å². The van der Waals surface area contributed by atoms with Crippen molar-refractivity contribution in [1.82, 2.24) is 4.98 Å². The molecule has 0 radical (unpaired) electrons. The summed E-state index contributed by atoms with van der Waals surface area (Å²) in [6, 6.07) is 4.83. The molecule has 21 heavy (non-hydrogen) atoms. The third kappa shape index (κ3) is 3.53. The van der Waals surface area contributed by atoms with Gasteiger partial charge in [-0.2, -0.15) is 0 Å². The molecule has 0 fully saturated rings. The number of alkyl halides is 3. The number of nitrogen functional groups attached to an aromatic ring is 1. The van der Waals surface area contributed by atoms with Gasteiger partial charge in [-0.15, -0.1) is 13.2 Å². The van der Waals surface area contributed by atoms with Crippen LogP contribution in [0.1, 0.15) is 0 Å². The minimum Gasteiger partial charge on any atom is -0.481 e. The minimum atomic E-state index is -4.89. The molecule has 112 valence electrons. The Balaban J connectivity index is 2.48. The Morgan fingerprint density at radius 1 is 1.19 bits per heavy atom. The maximum Gasteiger partial charge on any atom is 0.573 e. The molecular formula is C13H10F4N2O2. The first-order valence-electron chi connectivity index (χ1n) is 5.65. The van der Waals surface area contributed by atoms with Gasteiger partial charge in [0, 0.05) is 11.6 Å². The Bertz CT molecular complexity index is 659. The number of halogens is 4. The summed E-state index contributed by atoms with van der Waals surface area (Å²) < 4.78 is 59.2. The van der Waals surface area contributed by atoms with Crippen LogP contribution in [0.4, 0.5) is 23.2 Å². The Morgan fingerprint density at radius 2 is 1.90 bits per heavy atom. The van der Waals surface area contributed by atoms with Crippen LogP contribution in [0.25, 0.3) is 11.1 Å². The van der Waals surface area contributed by atoms with Crippen LogP contribution in [0, 0.1) is 5.82 Å². The molecule has 0 unspecified atom stereocenters. The molecule has 2 rings (SSSR count). The van der Waals surface area contributed by atoms with Gasteiger partial charge in [0.25, 0.3) is 0 Å². The number of hydrogen-bond acceptors (Lipinski definition) is 4. The number of benzene rings is 1. The third-order valence-electron chi connectivity index (χ3n) is 2.59. The second-order valence-electron chi connectivity index (χ2n) is 4.01. The lowest BCUT2D eigenvalue weighted by molar-refractivity contribution is -0.274. The number of methoxy groups -OCH3 is 1. The standard InChI is InChI=1S/C13H10F4N2O2/c1-20-12-5-8(9(14)6-19-12)7-2-3-10(18)11(4-7)21-13(15,16)17/h2-6H,18H2,1H3. The molecule has 0 saturated heterocycles. The predicted molar refractivity (Wildman–Crippen MR) is 67.3 cm³/mol. The van der Waals surface area contributed by atoms with Gasteiger partial charge in [0.15, 0.2) is 5.75 Å². The van der Waals surface area contributed by atoms with Gasteiger partial charge in [-0.1, -0.05) is 6.07 Å². The summed E-state index contributed by atoms with van der Waals surface area (Å²) in [4.78, 5) is 3.65. The van der Waals surface area contributed by atoms with Crippen molar-refractivity contribution in [2.24, 2.45) is 0 Å². The van der Waals surface area contributed by atoms with Crippen molar-refractivity contribution >= 4 is 5.69 Å². The number of anilines is 1. The fourth-order valence-electron chi connectivity index (χ4n) is 1.67. The molecule has 0 aliphatic rings. The van der Waals surface area contributed by atoms with Crippen LogP contribution in [-0.2, 0) is 0 Å². The fraction of sp³-hybridized carbons (Fsp3) is 0.154. The number of nitrogens with zero attached hydrogens (tertiary/aromatic N) is 1. The second kappa shape index (κ2) is 5.47. The van der Waals surface area contributed by atoms with E-state index < -0.39 is 17.9 Å². The van der Waals surface area contributed by atoms with Gasteiger partial charge in [0.05, 0.1) is 19.0 Å². The van der Waals surface area contributed by atoms with E-state index in [1.807, 2.05) is 0 Å². The van der Waals surface area contributed by atoms with E-state index in [-0.39, 0.29) is 22.7 Å². The maximum absolute atomic E-state index is 13.7. The number of pyridine rings is 1. The van der Waals surface area contributed by atoms with E-state index in [1.54, 1.807) is 0 Å². The maximum atomic E-state index is 13.7. The van der Waals surface area contributed by atoms with Crippen molar-refractivity contribution in [2.75, 3.05) is 12.8 Å². The predicted octanol–water partition coefficient (Wildman–Crippen LogP) is 3.38. The molecule has 1 aromatic heterocycles. The molecule has 0 amide bonds. The lowest BCUT2D eigenvalue weighted by Crippen LogP contribution is -2.18. The largest absolute Gasteiger partial charge is 0.573 e. The van der Waals surface area contributed by atoms with E-state index in [4.69, 9.17) is 10.5 Å². The van der Waals surface area contributed by atoms with Crippen LogP contribution in [-0.4, -0.2) is 18.5 Å². The minimum absolute atomic E-state index is 0.0221. The highest BCUT2D eigenvalue weighted by Crippen LogP contribution is 2.34. The first-order chi connectivity index (χ1) is 9.80. The molecule has 8 heteroatoms. The van der Waals surface area contributed by atoms with Crippen LogP contribution in [0.3, 0.4) is 0 Å². The fourth-order valence-corrected chi connectivity index (χ4v) is 1.67. The van der Waals surface area contributed by atoms with Crippen LogP contribution < -0.4 is 15.2 Å². The first kappa shape index (κ1) is 14.9. The van der Waals surface area contributed by atoms with E-state index in [1.165, 1.54) is 25.3 Å². The zero-order valence-electron chi connectivity index (χ0n) is 10.7. The normalized spacial score (nSPS) is 11.3. The van der Waals surface area contributed by atoms with Crippen molar-refractivity contribution in [1.29, 1.82) is 0 Å². The Morgan fingerprint density at radius 3 is 2.52 bits per heavy atom. The van der Waals surface area contributed by atoms with Crippen LogP contribution in [0.15, 0.2) is 30.5 Å². The highest BCUT2D eigenvalue weighted by atomic mass is 19.4.